The van der Waals surface area contributed by atoms with Gasteiger partial charge in [-0.15, -0.1) is 0 Å². The number of aromatic nitrogens is 5. The van der Waals surface area contributed by atoms with E-state index in [0.717, 1.165) is 30.7 Å². The van der Waals surface area contributed by atoms with Gasteiger partial charge in [0.2, 0.25) is 0 Å². The van der Waals surface area contributed by atoms with E-state index in [4.69, 9.17) is 17.3 Å². The number of alkyl halides is 3. The summed E-state index contributed by atoms with van der Waals surface area (Å²) in [6.07, 6.45) is 1.08. The van der Waals surface area contributed by atoms with E-state index in [1.54, 1.807) is 0 Å². The molecule has 13 heteroatoms. The number of aromatic amines is 1. The molecule has 0 aliphatic heterocycles. The number of nitrogens with two attached hydrogens (primary N) is 1. The van der Waals surface area contributed by atoms with Crippen molar-refractivity contribution in [2.24, 2.45) is 11.8 Å². The van der Waals surface area contributed by atoms with Crippen molar-refractivity contribution in [2.75, 3.05) is 19.3 Å². The summed E-state index contributed by atoms with van der Waals surface area (Å²) >= 11 is 5.82. The second-order valence-corrected chi connectivity index (χ2v) is 11.7. The number of aliphatic hydroxyl groups excluding tert-OH is 2. The van der Waals surface area contributed by atoms with Gasteiger partial charge in [0, 0.05) is 31.1 Å². The van der Waals surface area contributed by atoms with Crippen molar-refractivity contribution in [3.05, 3.63) is 47.1 Å². The van der Waals surface area contributed by atoms with Crippen molar-refractivity contribution in [2.45, 2.75) is 62.6 Å². The topological polar surface area (TPSA) is 129 Å². The van der Waals surface area contributed by atoms with Crippen molar-refractivity contribution >= 4 is 39.5 Å². The van der Waals surface area contributed by atoms with Crippen LogP contribution in [0.3, 0.4) is 0 Å². The molecular formula is C27H31ClF3N7O2. The number of benzene rings is 1. The predicted molar refractivity (Wildman–Crippen MR) is 145 cm³/mol. The number of nitrogens with zero attached hydrogens (tertiary/aromatic N) is 5. The molecule has 1 unspecified atom stereocenters. The molecule has 0 bridgehead atoms. The molecule has 2 aliphatic rings. The maximum Gasteiger partial charge on any atom is 0.417 e. The van der Waals surface area contributed by atoms with Crippen LogP contribution in [0.2, 0.25) is 5.02 Å². The number of aliphatic hydroxyl groups is 2. The summed E-state index contributed by atoms with van der Waals surface area (Å²) in [6.45, 7) is 0.661. The molecule has 1 aromatic carbocycles. The van der Waals surface area contributed by atoms with E-state index in [1.807, 2.05) is 23.9 Å². The van der Waals surface area contributed by atoms with Crippen molar-refractivity contribution in [3.63, 3.8) is 0 Å². The quantitative estimate of drug-likeness (QED) is 0.259. The Hall–Kier alpha value is -2.93. The van der Waals surface area contributed by atoms with Gasteiger partial charge < -0.3 is 30.4 Å². The molecule has 3 heterocycles. The molecule has 6 rings (SSSR count). The first-order valence-corrected chi connectivity index (χ1v) is 13.8. The van der Waals surface area contributed by atoms with Gasteiger partial charge in [0.15, 0.2) is 0 Å². The lowest BCUT2D eigenvalue weighted by Crippen LogP contribution is -2.46. The van der Waals surface area contributed by atoms with E-state index in [1.165, 1.54) is 12.4 Å². The minimum absolute atomic E-state index is 0.0929. The summed E-state index contributed by atoms with van der Waals surface area (Å²) < 4.78 is 41.4. The number of rotatable bonds is 7. The first-order chi connectivity index (χ1) is 19.0. The number of nitrogens with one attached hydrogen (secondary N) is 1. The smallest absolute Gasteiger partial charge is 0.390 e. The third kappa shape index (κ3) is 4.91. The molecule has 2 aliphatic carbocycles. The molecule has 2 fully saturated rings. The second-order valence-electron chi connectivity index (χ2n) is 11.3. The molecule has 0 amide bonds. The fourth-order valence-electron chi connectivity index (χ4n) is 6.39. The Balaban J connectivity index is 1.02. The highest BCUT2D eigenvalue weighted by molar-refractivity contribution is 6.32. The van der Waals surface area contributed by atoms with Crippen LogP contribution in [0.25, 0.3) is 22.1 Å². The monoisotopic (exact) mass is 577 g/mol. The Kier molecular flexibility index (Phi) is 6.92. The Morgan fingerprint density at radius 2 is 1.95 bits per heavy atom. The predicted octanol–water partition coefficient (Wildman–Crippen LogP) is 4.19. The maximum atomic E-state index is 13.2. The molecule has 0 radical (unpaired) electrons. The van der Waals surface area contributed by atoms with Crippen molar-refractivity contribution in [1.82, 2.24) is 29.4 Å². The highest BCUT2D eigenvalue weighted by atomic mass is 35.5. The van der Waals surface area contributed by atoms with Crippen LogP contribution in [0.4, 0.5) is 19.0 Å². The first kappa shape index (κ1) is 27.3. The van der Waals surface area contributed by atoms with Crippen LogP contribution in [-0.4, -0.2) is 71.5 Å². The van der Waals surface area contributed by atoms with Crippen molar-refractivity contribution < 1.29 is 23.4 Å². The summed E-state index contributed by atoms with van der Waals surface area (Å²) in [7, 11) is 2.05. The normalized spacial score (nSPS) is 27.2. The van der Waals surface area contributed by atoms with Gasteiger partial charge in [-0.05, 0) is 56.8 Å². The summed E-state index contributed by atoms with van der Waals surface area (Å²) in [6, 6.07) is 4.17. The van der Waals surface area contributed by atoms with Gasteiger partial charge in [-0.25, -0.2) is 15.0 Å². The number of aryl methyl sites for hydroxylation is 1. The number of hydrogen-bond acceptors (Lipinski definition) is 7. The van der Waals surface area contributed by atoms with Crippen LogP contribution in [0, 0.1) is 11.8 Å². The molecular weight excluding hydrogens is 547 g/mol. The highest BCUT2D eigenvalue weighted by Crippen LogP contribution is 2.41. The summed E-state index contributed by atoms with van der Waals surface area (Å²) in [4.78, 5) is 18.1. The van der Waals surface area contributed by atoms with E-state index in [2.05, 4.69) is 24.8 Å². The van der Waals surface area contributed by atoms with Gasteiger partial charge in [0.05, 0.1) is 39.2 Å². The Labute approximate surface area is 233 Å². The third-order valence-corrected chi connectivity index (χ3v) is 9.05. The average molecular weight is 578 g/mol. The molecule has 0 spiro atoms. The number of nitrogen functional groups attached to an aromatic ring is 1. The Morgan fingerprint density at radius 1 is 1.18 bits per heavy atom. The zero-order valence-corrected chi connectivity index (χ0v) is 22.6. The fourth-order valence-corrected chi connectivity index (χ4v) is 6.66. The molecule has 3 aromatic heterocycles. The number of fused-ring (bicyclic) bond motifs is 2. The lowest BCUT2D eigenvalue weighted by molar-refractivity contribution is -0.137. The minimum atomic E-state index is -4.52. The number of imidazole rings is 1. The maximum absolute atomic E-state index is 13.2. The molecule has 2 saturated carbocycles. The van der Waals surface area contributed by atoms with E-state index in [0.29, 0.717) is 59.7 Å². The van der Waals surface area contributed by atoms with Crippen molar-refractivity contribution in [1.29, 1.82) is 0 Å². The second kappa shape index (κ2) is 10.2. The SMILES string of the molecule is CN(C[C@H]1CC(n2ccc3c(N)ncnc32)[C@H](O)[C@@H]1O)C1CC(CCc2nc3cc(Cl)c(C(F)(F)F)cc3[nH]2)C1. The lowest BCUT2D eigenvalue weighted by atomic mass is 9.76. The van der Waals surface area contributed by atoms with Gasteiger partial charge in [-0.2, -0.15) is 13.2 Å². The molecule has 4 atom stereocenters. The first-order valence-electron chi connectivity index (χ1n) is 13.4. The summed E-state index contributed by atoms with van der Waals surface area (Å²) in [5.74, 6) is 1.43. The van der Waals surface area contributed by atoms with E-state index in [-0.39, 0.29) is 17.0 Å². The van der Waals surface area contributed by atoms with Crippen LogP contribution in [0.15, 0.2) is 30.7 Å². The molecule has 5 N–H and O–H groups in total. The molecule has 40 heavy (non-hydrogen) atoms. The molecule has 4 aromatic rings. The van der Waals surface area contributed by atoms with Gasteiger partial charge >= 0.3 is 6.18 Å². The van der Waals surface area contributed by atoms with Crippen molar-refractivity contribution in [3.8, 4) is 0 Å². The number of H-pyrrole nitrogens is 1. The number of halogens is 4. The van der Waals surface area contributed by atoms with Gasteiger partial charge in [0.25, 0.3) is 0 Å². The van der Waals surface area contributed by atoms with Gasteiger partial charge in [-0.1, -0.05) is 11.6 Å². The highest BCUT2D eigenvalue weighted by Gasteiger charge is 2.44. The zero-order valence-electron chi connectivity index (χ0n) is 21.8. The van der Waals surface area contributed by atoms with Crippen LogP contribution in [0.5, 0.6) is 0 Å². The van der Waals surface area contributed by atoms with Crippen LogP contribution in [-0.2, 0) is 12.6 Å². The molecule has 9 nitrogen and oxygen atoms in total. The van der Waals surface area contributed by atoms with Crippen LogP contribution in [0.1, 0.15) is 43.1 Å². The zero-order chi connectivity index (χ0) is 28.3. The number of anilines is 1. The molecule has 0 saturated heterocycles. The Morgan fingerprint density at radius 3 is 2.70 bits per heavy atom. The summed E-state index contributed by atoms with van der Waals surface area (Å²) in [5, 5.41) is 22.1. The number of hydrogen-bond donors (Lipinski definition) is 4. The van der Waals surface area contributed by atoms with E-state index >= 15 is 0 Å². The minimum Gasteiger partial charge on any atom is -0.390 e. The molecule has 214 valence electrons. The Bertz CT molecular complexity index is 1530. The van der Waals surface area contributed by atoms with Crippen LogP contribution < -0.4 is 5.73 Å². The van der Waals surface area contributed by atoms with E-state index < -0.39 is 23.9 Å². The van der Waals surface area contributed by atoms with E-state index in [9.17, 15) is 23.4 Å². The standard InChI is InChI=1S/C27H31ClF3N7O2/c1-37(11-14-8-21(24(40)23(14)39)38-5-4-16-25(32)33-12-34-26(16)38)15-6-13(7-15)2-3-22-35-19-9-17(27(29,30)31)18(28)10-20(19)36-22/h4-5,9-10,12-15,21,23-24,39-40H,2-3,6-8,11H2,1H3,(H,35,36)(H2,32,33,34)/t13?,14-,15?,21?,23-,24+/m1/s1. The van der Waals surface area contributed by atoms with Crippen LogP contribution >= 0.6 is 11.6 Å². The average Bonchev–Trinajstić information content (AvgIpc) is 3.54. The van der Waals surface area contributed by atoms with Gasteiger partial charge in [-0.3, -0.25) is 0 Å². The summed E-state index contributed by atoms with van der Waals surface area (Å²) in [5.41, 5.74) is 6.50. The fraction of sp³-hybridized carbons (Fsp3) is 0.519. The van der Waals surface area contributed by atoms with Gasteiger partial charge in [0.1, 0.15) is 29.7 Å². The third-order valence-electron chi connectivity index (χ3n) is 8.74. The largest absolute Gasteiger partial charge is 0.417 e. The lowest BCUT2D eigenvalue weighted by Gasteiger charge is -2.42.